The molecule has 0 aliphatic rings. The predicted molar refractivity (Wildman–Crippen MR) is 62.7 cm³/mol. The van der Waals surface area contributed by atoms with Crippen molar-refractivity contribution < 1.29 is 0 Å². The zero-order chi connectivity index (χ0) is 10.7. The number of hydrogen-bond acceptors (Lipinski definition) is 2. The molecule has 1 N–H and O–H groups in total. The molecule has 3 heteroatoms. The zero-order valence-electron chi connectivity index (χ0n) is 9.33. The van der Waals surface area contributed by atoms with E-state index in [0.29, 0.717) is 0 Å². The van der Waals surface area contributed by atoms with Gasteiger partial charge in [-0.05, 0) is 30.8 Å². The van der Waals surface area contributed by atoms with E-state index in [2.05, 4.69) is 41.0 Å². The third-order valence-electron chi connectivity index (χ3n) is 2.83. The van der Waals surface area contributed by atoms with Gasteiger partial charge in [0.05, 0.1) is 0 Å². The highest BCUT2D eigenvalue weighted by atomic mass is 15.1. The summed E-state index contributed by atoms with van der Waals surface area (Å²) in [5, 5.41) is 1.24. The van der Waals surface area contributed by atoms with Crippen molar-refractivity contribution in [1.82, 2.24) is 14.9 Å². The fourth-order valence-corrected chi connectivity index (χ4v) is 1.83. The van der Waals surface area contributed by atoms with E-state index in [1.165, 1.54) is 10.9 Å². The molecular weight excluding hydrogens is 186 g/mol. The topological polar surface area (TPSA) is 31.9 Å². The molecule has 0 saturated heterocycles. The van der Waals surface area contributed by atoms with Gasteiger partial charge in [0.15, 0.2) is 0 Å². The maximum atomic E-state index is 4.29. The normalized spacial score (nSPS) is 11.4. The summed E-state index contributed by atoms with van der Waals surface area (Å²) in [5.74, 6) is 0. The number of H-pyrrole nitrogens is 1. The maximum absolute atomic E-state index is 4.29. The maximum Gasteiger partial charge on any atom is 0.137 e. The van der Waals surface area contributed by atoms with E-state index in [0.717, 1.165) is 25.3 Å². The molecule has 80 valence electrons. The quantitative estimate of drug-likeness (QED) is 0.827. The van der Waals surface area contributed by atoms with Gasteiger partial charge in [-0.3, -0.25) is 4.90 Å². The van der Waals surface area contributed by atoms with Gasteiger partial charge in [-0.1, -0.05) is 13.8 Å². The second-order valence-corrected chi connectivity index (χ2v) is 3.67. The van der Waals surface area contributed by atoms with Crippen LogP contribution in [0.5, 0.6) is 0 Å². The van der Waals surface area contributed by atoms with Gasteiger partial charge in [0.1, 0.15) is 5.65 Å². The summed E-state index contributed by atoms with van der Waals surface area (Å²) in [4.78, 5) is 9.89. The van der Waals surface area contributed by atoms with Crippen molar-refractivity contribution in [3.63, 3.8) is 0 Å². The SMILES string of the molecule is CCN(CC)Cc1c[nH]c2ncccc12. The molecule has 0 saturated carbocycles. The van der Waals surface area contributed by atoms with E-state index in [1.54, 1.807) is 0 Å². The molecular formula is C12H17N3. The molecule has 2 rings (SSSR count). The van der Waals surface area contributed by atoms with Gasteiger partial charge in [0, 0.05) is 24.3 Å². The zero-order valence-corrected chi connectivity index (χ0v) is 9.33. The van der Waals surface area contributed by atoms with Crippen LogP contribution in [-0.4, -0.2) is 28.0 Å². The van der Waals surface area contributed by atoms with Crippen LogP contribution in [0.1, 0.15) is 19.4 Å². The van der Waals surface area contributed by atoms with E-state index < -0.39 is 0 Å². The highest BCUT2D eigenvalue weighted by Gasteiger charge is 2.06. The number of nitrogens with one attached hydrogen (secondary N) is 1. The molecule has 0 amide bonds. The lowest BCUT2D eigenvalue weighted by Gasteiger charge is -2.17. The molecule has 2 heterocycles. The van der Waals surface area contributed by atoms with Crippen LogP contribution < -0.4 is 0 Å². The van der Waals surface area contributed by atoms with E-state index in [9.17, 15) is 0 Å². The Morgan fingerprint density at radius 3 is 2.87 bits per heavy atom. The molecule has 0 atom stereocenters. The van der Waals surface area contributed by atoms with Gasteiger partial charge in [0.25, 0.3) is 0 Å². The number of fused-ring (bicyclic) bond motifs is 1. The summed E-state index contributed by atoms with van der Waals surface area (Å²) >= 11 is 0. The largest absolute Gasteiger partial charge is 0.346 e. The minimum atomic E-state index is 0.986. The summed E-state index contributed by atoms with van der Waals surface area (Å²) in [6, 6.07) is 4.11. The van der Waals surface area contributed by atoms with E-state index in [-0.39, 0.29) is 0 Å². The first-order valence-electron chi connectivity index (χ1n) is 5.48. The second-order valence-electron chi connectivity index (χ2n) is 3.67. The van der Waals surface area contributed by atoms with Crippen LogP contribution in [0, 0.1) is 0 Å². The van der Waals surface area contributed by atoms with Crippen LogP contribution in [0.2, 0.25) is 0 Å². The first-order chi connectivity index (χ1) is 7.35. The molecule has 2 aromatic heterocycles. The van der Waals surface area contributed by atoms with Gasteiger partial charge in [0.2, 0.25) is 0 Å². The summed E-state index contributed by atoms with van der Waals surface area (Å²) in [7, 11) is 0. The molecule has 0 spiro atoms. The number of aromatic nitrogens is 2. The van der Waals surface area contributed by atoms with E-state index in [1.807, 2.05) is 12.3 Å². The standard InChI is InChI=1S/C12H17N3/c1-3-15(4-2)9-10-8-14-12-11(10)6-5-7-13-12/h5-8H,3-4,9H2,1-2H3,(H,13,14). The Bertz CT molecular complexity index is 429. The Labute approximate surface area is 90.1 Å². The third kappa shape index (κ3) is 2.02. The minimum Gasteiger partial charge on any atom is -0.346 e. The fraction of sp³-hybridized carbons (Fsp3) is 0.417. The van der Waals surface area contributed by atoms with Crippen molar-refractivity contribution >= 4 is 11.0 Å². The summed E-state index contributed by atoms with van der Waals surface area (Å²) in [6.45, 7) is 7.55. The number of hydrogen-bond donors (Lipinski definition) is 1. The van der Waals surface area contributed by atoms with Crippen LogP contribution in [0.15, 0.2) is 24.5 Å². The summed E-state index contributed by atoms with van der Waals surface area (Å²) in [5.41, 5.74) is 2.32. The lowest BCUT2D eigenvalue weighted by atomic mass is 10.2. The molecule has 0 fully saturated rings. The first kappa shape index (κ1) is 10.2. The van der Waals surface area contributed by atoms with Crippen LogP contribution in [0.25, 0.3) is 11.0 Å². The fourth-order valence-electron chi connectivity index (χ4n) is 1.83. The number of aromatic amines is 1. The van der Waals surface area contributed by atoms with Crippen molar-refractivity contribution in [3.05, 3.63) is 30.1 Å². The van der Waals surface area contributed by atoms with Gasteiger partial charge in [-0.25, -0.2) is 4.98 Å². The predicted octanol–water partition coefficient (Wildman–Crippen LogP) is 2.40. The van der Waals surface area contributed by atoms with Crippen molar-refractivity contribution in [2.24, 2.45) is 0 Å². The van der Waals surface area contributed by atoms with E-state index in [4.69, 9.17) is 0 Å². The highest BCUT2D eigenvalue weighted by molar-refractivity contribution is 5.79. The molecule has 0 aliphatic heterocycles. The molecule has 15 heavy (non-hydrogen) atoms. The van der Waals surface area contributed by atoms with Crippen molar-refractivity contribution in [2.75, 3.05) is 13.1 Å². The molecule has 0 aromatic carbocycles. The van der Waals surface area contributed by atoms with Crippen LogP contribution in [0.4, 0.5) is 0 Å². The smallest absolute Gasteiger partial charge is 0.137 e. The van der Waals surface area contributed by atoms with Crippen LogP contribution in [-0.2, 0) is 6.54 Å². The van der Waals surface area contributed by atoms with Gasteiger partial charge < -0.3 is 4.98 Å². The minimum absolute atomic E-state index is 0.986. The Kier molecular flexibility index (Phi) is 3.02. The van der Waals surface area contributed by atoms with E-state index >= 15 is 0 Å². The van der Waals surface area contributed by atoms with Crippen molar-refractivity contribution in [3.8, 4) is 0 Å². The summed E-state index contributed by atoms with van der Waals surface area (Å²) < 4.78 is 0. The molecule has 3 nitrogen and oxygen atoms in total. The lowest BCUT2D eigenvalue weighted by molar-refractivity contribution is 0.297. The Morgan fingerprint density at radius 1 is 1.33 bits per heavy atom. The van der Waals surface area contributed by atoms with Gasteiger partial charge in [-0.15, -0.1) is 0 Å². The van der Waals surface area contributed by atoms with Crippen LogP contribution in [0.3, 0.4) is 0 Å². The Balaban J connectivity index is 2.28. The lowest BCUT2D eigenvalue weighted by Crippen LogP contribution is -2.21. The van der Waals surface area contributed by atoms with Gasteiger partial charge in [-0.2, -0.15) is 0 Å². The summed E-state index contributed by atoms with van der Waals surface area (Å²) in [6.07, 6.45) is 3.88. The molecule has 0 radical (unpaired) electrons. The Morgan fingerprint density at radius 2 is 2.13 bits per heavy atom. The number of rotatable bonds is 4. The second kappa shape index (κ2) is 4.45. The number of nitrogens with zero attached hydrogens (tertiary/aromatic N) is 2. The molecule has 0 unspecified atom stereocenters. The van der Waals surface area contributed by atoms with Gasteiger partial charge >= 0.3 is 0 Å². The average Bonchev–Trinajstić information content (AvgIpc) is 2.69. The van der Waals surface area contributed by atoms with Crippen molar-refractivity contribution in [2.45, 2.75) is 20.4 Å². The average molecular weight is 203 g/mol. The highest BCUT2D eigenvalue weighted by Crippen LogP contribution is 2.17. The monoisotopic (exact) mass is 203 g/mol. The van der Waals surface area contributed by atoms with Crippen molar-refractivity contribution in [1.29, 1.82) is 0 Å². The third-order valence-corrected chi connectivity index (χ3v) is 2.83. The Hall–Kier alpha value is -1.35. The first-order valence-corrected chi connectivity index (χ1v) is 5.48. The number of pyridine rings is 1. The van der Waals surface area contributed by atoms with Crippen LogP contribution >= 0.6 is 0 Å². The molecule has 0 bridgehead atoms. The molecule has 2 aromatic rings. The molecule has 0 aliphatic carbocycles.